The Labute approximate surface area is 76.2 Å². The van der Waals surface area contributed by atoms with E-state index in [1.165, 1.54) is 12.8 Å². The van der Waals surface area contributed by atoms with Crippen LogP contribution in [0.2, 0.25) is 0 Å². The van der Waals surface area contributed by atoms with Crippen LogP contribution in [0.3, 0.4) is 0 Å². The van der Waals surface area contributed by atoms with Gasteiger partial charge in [0.15, 0.2) is 0 Å². The molecular weight excluding hydrogens is 148 g/mol. The van der Waals surface area contributed by atoms with E-state index in [-0.39, 0.29) is 5.60 Å². The summed E-state index contributed by atoms with van der Waals surface area (Å²) >= 11 is 0. The van der Waals surface area contributed by atoms with Crippen molar-refractivity contribution in [3.63, 3.8) is 0 Å². The minimum atomic E-state index is -0.385. The summed E-state index contributed by atoms with van der Waals surface area (Å²) in [6.45, 7) is 8.77. The first-order valence-corrected chi connectivity index (χ1v) is 5.17. The molecule has 0 heterocycles. The highest BCUT2D eigenvalue weighted by atomic mass is 16.3. The molecule has 3 unspecified atom stereocenters. The van der Waals surface area contributed by atoms with Gasteiger partial charge < -0.3 is 5.11 Å². The van der Waals surface area contributed by atoms with Gasteiger partial charge in [0.05, 0.1) is 5.60 Å². The van der Waals surface area contributed by atoms with Crippen LogP contribution in [0.4, 0.5) is 0 Å². The van der Waals surface area contributed by atoms with Crippen molar-refractivity contribution >= 4 is 0 Å². The second kappa shape index (κ2) is 3.37. The Kier molecular flexibility index (Phi) is 2.82. The van der Waals surface area contributed by atoms with Crippen LogP contribution in [0.1, 0.15) is 47.0 Å². The van der Waals surface area contributed by atoms with Gasteiger partial charge in [0, 0.05) is 0 Å². The van der Waals surface area contributed by atoms with Crippen molar-refractivity contribution in [2.75, 3.05) is 0 Å². The molecule has 1 fully saturated rings. The number of rotatable bonds is 2. The molecule has 1 rings (SSSR count). The number of hydrogen-bond donors (Lipinski definition) is 1. The van der Waals surface area contributed by atoms with Gasteiger partial charge in [-0.25, -0.2) is 0 Å². The molecule has 1 nitrogen and oxygen atoms in total. The highest BCUT2D eigenvalue weighted by molar-refractivity contribution is 4.91. The van der Waals surface area contributed by atoms with Gasteiger partial charge in [0.2, 0.25) is 0 Å². The van der Waals surface area contributed by atoms with Crippen molar-refractivity contribution < 1.29 is 5.11 Å². The van der Waals surface area contributed by atoms with Crippen LogP contribution in [0.15, 0.2) is 0 Å². The maximum atomic E-state index is 10.1. The van der Waals surface area contributed by atoms with E-state index in [9.17, 15) is 5.11 Å². The van der Waals surface area contributed by atoms with Crippen LogP contribution in [-0.2, 0) is 0 Å². The third-order valence-corrected chi connectivity index (χ3v) is 3.68. The minimum Gasteiger partial charge on any atom is -0.390 e. The summed E-state index contributed by atoms with van der Waals surface area (Å²) in [6.07, 6.45) is 3.41. The van der Waals surface area contributed by atoms with E-state index in [1.807, 2.05) is 6.92 Å². The molecule has 1 N–H and O–H groups in total. The van der Waals surface area contributed by atoms with E-state index in [2.05, 4.69) is 20.8 Å². The van der Waals surface area contributed by atoms with E-state index < -0.39 is 0 Å². The van der Waals surface area contributed by atoms with Crippen molar-refractivity contribution in [3.8, 4) is 0 Å². The van der Waals surface area contributed by atoms with Crippen molar-refractivity contribution in [1.82, 2.24) is 0 Å². The second-order valence-corrected chi connectivity index (χ2v) is 4.96. The van der Waals surface area contributed by atoms with Crippen molar-refractivity contribution in [2.24, 2.45) is 17.8 Å². The fourth-order valence-corrected chi connectivity index (χ4v) is 2.47. The third kappa shape index (κ3) is 1.82. The summed E-state index contributed by atoms with van der Waals surface area (Å²) in [5.74, 6) is 1.87. The molecule has 1 heteroatoms. The summed E-state index contributed by atoms with van der Waals surface area (Å²) in [6, 6.07) is 0. The lowest BCUT2D eigenvalue weighted by Crippen LogP contribution is -2.35. The van der Waals surface area contributed by atoms with Gasteiger partial charge in [0.25, 0.3) is 0 Å². The van der Waals surface area contributed by atoms with Crippen LogP contribution in [0.5, 0.6) is 0 Å². The quantitative estimate of drug-likeness (QED) is 0.675. The SMILES string of the molecule is CC(C)C(C)C1CCCC1(C)O. The molecule has 0 bridgehead atoms. The molecule has 0 aromatic carbocycles. The molecule has 0 saturated heterocycles. The fourth-order valence-electron chi connectivity index (χ4n) is 2.47. The van der Waals surface area contributed by atoms with Gasteiger partial charge in [-0.05, 0) is 37.5 Å². The van der Waals surface area contributed by atoms with Crippen LogP contribution in [-0.4, -0.2) is 10.7 Å². The van der Waals surface area contributed by atoms with E-state index in [4.69, 9.17) is 0 Å². The first kappa shape index (κ1) is 10.0. The molecule has 0 amide bonds. The largest absolute Gasteiger partial charge is 0.390 e. The zero-order chi connectivity index (χ0) is 9.35. The lowest BCUT2D eigenvalue weighted by molar-refractivity contribution is -0.00918. The summed E-state index contributed by atoms with van der Waals surface area (Å²) < 4.78 is 0. The molecule has 0 aromatic heterocycles. The second-order valence-electron chi connectivity index (χ2n) is 4.96. The van der Waals surface area contributed by atoms with Crippen molar-refractivity contribution in [2.45, 2.75) is 52.6 Å². The zero-order valence-corrected chi connectivity index (χ0v) is 8.80. The van der Waals surface area contributed by atoms with Gasteiger partial charge in [-0.3, -0.25) is 0 Å². The Morgan fingerprint density at radius 2 is 1.92 bits per heavy atom. The molecule has 0 radical (unpaired) electrons. The summed E-state index contributed by atoms with van der Waals surface area (Å²) in [7, 11) is 0. The molecule has 0 aliphatic heterocycles. The predicted molar refractivity (Wildman–Crippen MR) is 52.0 cm³/mol. The lowest BCUT2D eigenvalue weighted by Gasteiger charge is -2.33. The number of hydrogen-bond acceptors (Lipinski definition) is 1. The first-order chi connectivity index (χ1) is 5.45. The van der Waals surface area contributed by atoms with Crippen LogP contribution in [0, 0.1) is 17.8 Å². The minimum absolute atomic E-state index is 0.385. The Bertz CT molecular complexity index is 149. The van der Waals surface area contributed by atoms with E-state index in [0.717, 1.165) is 6.42 Å². The Hall–Kier alpha value is -0.0400. The van der Waals surface area contributed by atoms with Gasteiger partial charge in [-0.1, -0.05) is 27.2 Å². The fraction of sp³-hybridized carbons (Fsp3) is 1.00. The number of aliphatic hydroxyl groups is 1. The molecule has 72 valence electrons. The van der Waals surface area contributed by atoms with Gasteiger partial charge in [-0.15, -0.1) is 0 Å². The third-order valence-electron chi connectivity index (χ3n) is 3.68. The Morgan fingerprint density at radius 1 is 1.33 bits per heavy atom. The normalized spacial score (nSPS) is 39.0. The van der Waals surface area contributed by atoms with Gasteiger partial charge in [-0.2, -0.15) is 0 Å². The van der Waals surface area contributed by atoms with Gasteiger partial charge >= 0.3 is 0 Å². The van der Waals surface area contributed by atoms with Crippen molar-refractivity contribution in [1.29, 1.82) is 0 Å². The summed E-state index contributed by atoms with van der Waals surface area (Å²) in [5.41, 5.74) is -0.385. The molecule has 12 heavy (non-hydrogen) atoms. The Balaban J connectivity index is 2.62. The van der Waals surface area contributed by atoms with Crippen LogP contribution >= 0.6 is 0 Å². The average molecular weight is 170 g/mol. The predicted octanol–water partition coefficient (Wildman–Crippen LogP) is 2.83. The highest BCUT2D eigenvalue weighted by Crippen LogP contribution is 2.42. The maximum absolute atomic E-state index is 10.1. The topological polar surface area (TPSA) is 20.2 Å². The van der Waals surface area contributed by atoms with Crippen LogP contribution in [0.25, 0.3) is 0 Å². The Morgan fingerprint density at radius 3 is 2.25 bits per heavy atom. The van der Waals surface area contributed by atoms with E-state index >= 15 is 0 Å². The molecule has 0 spiro atoms. The molecular formula is C11H22O. The monoisotopic (exact) mass is 170 g/mol. The summed E-state index contributed by atoms with van der Waals surface area (Å²) in [5, 5.41) is 10.1. The average Bonchev–Trinajstić information content (AvgIpc) is 2.27. The van der Waals surface area contributed by atoms with E-state index in [1.54, 1.807) is 0 Å². The molecule has 3 atom stereocenters. The maximum Gasteiger partial charge on any atom is 0.0650 e. The summed E-state index contributed by atoms with van der Waals surface area (Å²) in [4.78, 5) is 0. The van der Waals surface area contributed by atoms with Gasteiger partial charge in [0.1, 0.15) is 0 Å². The lowest BCUT2D eigenvalue weighted by atomic mass is 9.77. The van der Waals surface area contributed by atoms with Crippen LogP contribution < -0.4 is 0 Å². The molecule has 0 aromatic rings. The smallest absolute Gasteiger partial charge is 0.0650 e. The molecule has 1 saturated carbocycles. The zero-order valence-electron chi connectivity index (χ0n) is 8.80. The first-order valence-electron chi connectivity index (χ1n) is 5.17. The van der Waals surface area contributed by atoms with Crippen molar-refractivity contribution in [3.05, 3.63) is 0 Å². The molecule has 1 aliphatic carbocycles. The highest BCUT2D eigenvalue weighted by Gasteiger charge is 2.40. The molecule has 1 aliphatic rings. The van der Waals surface area contributed by atoms with E-state index in [0.29, 0.717) is 17.8 Å². The standard InChI is InChI=1S/C11H22O/c1-8(2)9(3)10-6-5-7-11(10,4)12/h8-10,12H,5-7H2,1-4H3.